The lowest BCUT2D eigenvalue weighted by Gasteiger charge is -2.27. The Morgan fingerprint density at radius 2 is 1.62 bits per heavy atom. The lowest BCUT2D eigenvalue weighted by atomic mass is 9.97. The van der Waals surface area contributed by atoms with Crippen LogP contribution in [-0.4, -0.2) is 41.1 Å². The van der Waals surface area contributed by atoms with E-state index in [1.165, 1.54) is 19.3 Å². The Hall–Kier alpha value is -2.54. The zero-order valence-corrected chi connectivity index (χ0v) is 16.7. The largest absolute Gasteiger partial charge is 0.330 e. The van der Waals surface area contributed by atoms with Crippen LogP contribution in [0.25, 0.3) is 0 Å². The van der Waals surface area contributed by atoms with Crippen LogP contribution in [0.1, 0.15) is 84.1 Å². The Kier molecular flexibility index (Phi) is 7.14. The van der Waals surface area contributed by atoms with Gasteiger partial charge in [0.2, 0.25) is 11.8 Å². The third-order valence-corrected chi connectivity index (χ3v) is 5.70. The summed E-state index contributed by atoms with van der Waals surface area (Å²) in [6.45, 7) is 0.752. The van der Waals surface area contributed by atoms with Crippen LogP contribution in [-0.2, 0) is 16.0 Å². The quantitative estimate of drug-likeness (QED) is 0.463. The van der Waals surface area contributed by atoms with E-state index in [1.54, 1.807) is 12.1 Å². The second kappa shape index (κ2) is 9.78. The lowest BCUT2D eigenvalue weighted by Crippen LogP contribution is -2.54. The first-order chi connectivity index (χ1) is 14.0. The highest BCUT2D eigenvalue weighted by Crippen LogP contribution is 2.30. The first kappa shape index (κ1) is 21.2. The summed E-state index contributed by atoms with van der Waals surface area (Å²) in [4.78, 5) is 50.4. The van der Waals surface area contributed by atoms with Crippen LogP contribution in [0.15, 0.2) is 18.2 Å². The van der Waals surface area contributed by atoms with Crippen molar-refractivity contribution >= 4 is 23.6 Å². The molecule has 1 aromatic rings. The number of nitrogens with zero attached hydrogens (tertiary/aromatic N) is 1. The molecule has 1 fully saturated rings. The highest BCUT2D eigenvalue weighted by atomic mass is 16.2. The van der Waals surface area contributed by atoms with Gasteiger partial charge in [-0.05, 0) is 43.9 Å². The number of nitrogens with one attached hydrogen (secondary N) is 1. The summed E-state index contributed by atoms with van der Waals surface area (Å²) in [5.74, 6) is -1.81. The maximum atomic E-state index is 13.0. The molecular formula is C22H29N3O4. The Bertz CT molecular complexity index is 805. The van der Waals surface area contributed by atoms with Crippen molar-refractivity contribution in [3.8, 4) is 0 Å². The van der Waals surface area contributed by atoms with Crippen LogP contribution < -0.4 is 11.1 Å². The standard InChI is InChI=1S/C22H29N3O4/c23-14-7-5-3-1-2-4-6-9-15-10-8-11-16-19(15)22(29)25(21(16)28)17-12-13-18(26)24-20(17)27/h8,10-11,17H,1-7,9,12-14,23H2,(H,24,26,27). The molecule has 3 N–H and O–H groups in total. The predicted molar refractivity (Wildman–Crippen MR) is 108 cm³/mol. The molecule has 4 amide bonds. The molecule has 1 saturated heterocycles. The fraction of sp³-hybridized carbons (Fsp3) is 0.545. The highest BCUT2D eigenvalue weighted by molar-refractivity contribution is 6.24. The number of imide groups is 2. The molecule has 0 aromatic heterocycles. The minimum Gasteiger partial charge on any atom is -0.330 e. The fourth-order valence-corrected chi connectivity index (χ4v) is 4.14. The summed E-state index contributed by atoms with van der Waals surface area (Å²) in [5, 5.41) is 2.22. The smallest absolute Gasteiger partial charge is 0.262 e. The molecule has 156 valence electrons. The third-order valence-electron chi connectivity index (χ3n) is 5.70. The van der Waals surface area contributed by atoms with Gasteiger partial charge in [0.05, 0.1) is 11.1 Å². The van der Waals surface area contributed by atoms with E-state index in [-0.39, 0.29) is 18.7 Å². The molecule has 1 unspecified atom stereocenters. The molecule has 29 heavy (non-hydrogen) atoms. The monoisotopic (exact) mass is 399 g/mol. The van der Waals surface area contributed by atoms with Gasteiger partial charge in [0.25, 0.3) is 11.8 Å². The van der Waals surface area contributed by atoms with Gasteiger partial charge in [0.15, 0.2) is 0 Å². The van der Waals surface area contributed by atoms with Crippen molar-refractivity contribution < 1.29 is 19.2 Å². The molecule has 3 rings (SSSR count). The second-order valence-electron chi connectivity index (χ2n) is 7.80. The van der Waals surface area contributed by atoms with Crippen molar-refractivity contribution in [1.82, 2.24) is 10.2 Å². The Labute approximate surface area is 171 Å². The van der Waals surface area contributed by atoms with E-state index in [1.807, 2.05) is 6.07 Å². The average Bonchev–Trinajstić information content (AvgIpc) is 2.95. The van der Waals surface area contributed by atoms with Gasteiger partial charge >= 0.3 is 0 Å². The minimum absolute atomic E-state index is 0.127. The lowest BCUT2D eigenvalue weighted by molar-refractivity contribution is -0.136. The molecular weight excluding hydrogens is 370 g/mol. The van der Waals surface area contributed by atoms with E-state index in [4.69, 9.17) is 5.73 Å². The normalized spacial score (nSPS) is 18.9. The van der Waals surface area contributed by atoms with Crippen molar-refractivity contribution in [2.45, 2.75) is 70.3 Å². The zero-order chi connectivity index (χ0) is 20.8. The third kappa shape index (κ3) is 4.72. The SMILES string of the molecule is NCCCCCCCCCc1cccc2c1C(=O)N(C1CCC(=O)NC1=O)C2=O. The van der Waals surface area contributed by atoms with Gasteiger partial charge in [-0.15, -0.1) is 0 Å². The van der Waals surface area contributed by atoms with E-state index in [2.05, 4.69) is 5.32 Å². The van der Waals surface area contributed by atoms with Gasteiger partial charge < -0.3 is 5.73 Å². The topological polar surface area (TPSA) is 110 Å². The predicted octanol–water partition coefficient (Wildman–Crippen LogP) is 2.32. The summed E-state index contributed by atoms with van der Waals surface area (Å²) in [5.41, 5.74) is 7.14. The molecule has 0 spiro atoms. The van der Waals surface area contributed by atoms with Gasteiger partial charge in [-0.25, -0.2) is 0 Å². The van der Waals surface area contributed by atoms with Gasteiger partial charge in [-0.1, -0.05) is 44.2 Å². The molecule has 0 aliphatic carbocycles. The van der Waals surface area contributed by atoms with Gasteiger partial charge in [-0.3, -0.25) is 29.4 Å². The zero-order valence-electron chi connectivity index (χ0n) is 16.7. The number of nitrogens with two attached hydrogens (primary N) is 1. The number of amides is 4. The Balaban J connectivity index is 1.61. The molecule has 0 saturated carbocycles. The van der Waals surface area contributed by atoms with E-state index < -0.39 is 23.8 Å². The number of hydrogen-bond acceptors (Lipinski definition) is 5. The maximum Gasteiger partial charge on any atom is 0.262 e. The number of benzene rings is 1. The number of rotatable bonds is 10. The summed E-state index contributed by atoms with van der Waals surface area (Å²) in [6, 6.07) is 4.41. The van der Waals surface area contributed by atoms with Crippen molar-refractivity contribution in [2.24, 2.45) is 5.73 Å². The van der Waals surface area contributed by atoms with Crippen LogP contribution in [0.3, 0.4) is 0 Å². The highest BCUT2D eigenvalue weighted by Gasteiger charge is 2.45. The number of piperidine rings is 1. The number of carbonyl (C=O) groups is 4. The van der Waals surface area contributed by atoms with E-state index in [9.17, 15) is 19.2 Å². The molecule has 1 aromatic carbocycles. The molecule has 7 heteroatoms. The molecule has 7 nitrogen and oxygen atoms in total. The molecule has 2 aliphatic rings. The number of carbonyl (C=O) groups excluding carboxylic acids is 4. The first-order valence-electron chi connectivity index (χ1n) is 10.6. The summed E-state index contributed by atoms with van der Waals surface area (Å²) >= 11 is 0. The maximum absolute atomic E-state index is 13.0. The van der Waals surface area contributed by atoms with E-state index in [0.717, 1.165) is 49.1 Å². The number of hydrogen-bond donors (Lipinski definition) is 2. The Morgan fingerprint density at radius 1 is 0.931 bits per heavy atom. The molecule has 2 heterocycles. The molecule has 0 bridgehead atoms. The van der Waals surface area contributed by atoms with Crippen LogP contribution in [0.4, 0.5) is 0 Å². The number of fused-ring (bicyclic) bond motifs is 1. The first-order valence-corrected chi connectivity index (χ1v) is 10.6. The number of unbranched alkanes of at least 4 members (excludes halogenated alkanes) is 6. The van der Waals surface area contributed by atoms with Crippen molar-refractivity contribution in [2.75, 3.05) is 6.54 Å². The van der Waals surface area contributed by atoms with E-state index >= 15 is 0 Å². The van der Waals surface area contributed by atoms with Crippen LogP contribution >= 0.6 is 0 Å². The van der Waals surface area contributed by atoms with Crippen LogP contribution in [0.2, 0.25) is 0 Å². The van der Waals surface area contributed by atoms with Crippen LogP contribution in [0.5, 0.6) is 0 Å². The molecule has 0 radical (unpaired) electrons. The summed E-state index contributed by atoms with van der Waals surface area (Å²) in [7, 11) is 0. The minimum atomic E-state index is -0.915. The van der Waals surface area contributed by atoms with Gasteiger partial charge in [0, 0.05) is 6.42 Å². The molecule has 1 atom stereocenters. The van der Waals surface area contributed by atoms with Crippen LogP contribution in [0, 0.1) is 0 Å². The Morgan fingerprint density at radius 3 is 2.31 bits per heavy atom. The van der Waals surface area contributed by atoms with Crippen molar-refractivity contribution in [3.05, 3.63) is 34.9 Å². The fourth-order valence-electron chi connectivity index (χ4n) is 4.14. The number of aryl methyl sites for hydroxylation is 1. The van der Waals surface area contributed by atoms with Gasteiger partial charge in [0.1, 0.15) is 6.04 Å². The summed E-state index contributed by atoms with van der Waals surface area (Å²) < 4.78 is 0. The van der Waals surface area contributed by atoms with Crippen molar-refractivity contribution in [3.63, 3.8) is 0 Å². The van der Waals surface area contributed by atoms with E-state index in [0.29, 0.717) is 11.1 Å². The second-order valence-corrected chi connectivity index (χ2v) is 7.80. The van der Waals surface area contributed by atoms with Crippen molar-refractivity contribution in [1.29, 1.82) is 0 Å². The molecule has 2 aliphatic heterocycles. The summed E-state index contributed by atoms with van der Waals surface area (Å²) in [6.07, 6.45) is 8.85. The van der Waals surface area contributed by atoms with Gasteiger partial charge in [-0.2, -0.15) is 0 Å². The average molecular weight is 399 g/mol.